The van der Waals surface area contributed by atoms with Gasteiger partial charge in [0, 0.05) is 18.8 Å². The van der Waals surface area contributed by atoms with Gasteiger partial charge < -0.3 is 10.6 Å². The van der Waals surface area contributed by atoms with E-state index in [9.17, 15) is 22.8 Å². The SMILES string of the molecule is Cc1cc(C(F)(F)F)nc(CNC(=O)C[C@H]2C(=O)NCCN2C)n1. The second-order valence-electron chi connectivity index (χ2n) is 5.58. The zero-order valence-electron chi connectivity index (χ0n) is 13.3. The Kier molecular flexibility index (Phi) is 5.37. The largest absolute Gasteiger partial charge is 0.433 e. The number of carbonyl (C=O) groups is 2. The van der Waals surface area contributed by atoms with E-state index in [1.54, 1.807) is 11.9 Å². The van der Waals surface area contributed by atoms with Crippen LogP contribution in [-0.4, -0.2) is 52.9 Å². The van der Waals surface area contributed by atoms with Crippen LogP contribution in [0, 0.1) is 6.92 Å². The highest BCUT2D eigenvalue weighted by atomic mass is 19.4. The summed E-state index contributed by atoms with van der Waals surface area (Å²) in [4.78, 5) is 32.7. The predicted molar refractivity (Wildman–Crippen MR) is 77.7 cm³/mol. The number of hydrogen-bond acceptors (Lipinski definition) is 5. The van der Waals surface area contributed by atoms with Gasteiger partial charge >= 0.3 is 6.18 Å². The molecule has 2 rings (SSSR count). The highest BCUT2D eigenvalue weighted by Crippen LogP contribution is 2.27. The van der Waals surface area contributed by atoms with Crippen molar-refractivity contribution in [3.05, 3.63) is 23.3 Å². The molecule has 7 nitrogen and oxygen atoms in total. The molecule has 1 atom stereocenters. The smallest absolute Gasteiger partial charge is 0.353 e. The molecule has 2 amide bonds. The number of amides is 2. The average molecular weight is 345 g/mol. The van der Waals surface area contributed by atoms with E-state index in [0.717, 1.165) is 6.07 Å². The Morgan fingerprint density at radius 1 is 1.46 bits per heavy atom. The van der Waals surface area contributed by atoms with Gasteiger partial charge in [0.2, 0.25) is 11.8 Å². The normalized spacial score (nSPS) is 19.0. The zero-order valence-corrected chi connectivity index (χ0v) is 13.3. The third-order valence-corrected chi connectivity index (χ3v) is 3.61. The molecule has 1 aliphatic heterocycles. The van der Waals surface area contributed by atoms with Crippen molar-refractivity contribution in [3.8, 4) is 0 Å². The van der Waals surface area contributed by atoms with Gasteiger partial charge in [-0.1, -0.05) is 0 Å². The first-order valence-corrected chi connectivity index (χ1v) is 7.33. The summed E-state index contributed by atoms with van der Waals surface area (Å²) in [5.74, 6) is -0.829. The van der Waals surface area contributed by atoms with Crippen LogP contribution >= 0.6 is 0 Å². The number of nitrogens with zero attached hydrogens (tertiary/aromatic N) is 3. The first kappa shape index (κ1) is 18.1. The number of carbonyl (C=O) groups excluding carboxylic acids is 2. The molecule has 1 aromatic heterocycles. The molecular formula is C14H18F3N5O2. The van der Waals surface area contributed by atoms with Gasteiger partial charge in [0.25, 0.3) is 0 Å². The second kappa shape index (κ2) is 7.12. The number of hydrogen-bond donors (Lipinski definition) is 2. The van der Waals surface area contributed by atoms with Crippen molar-refractivity contribution in [1.29, 1.82) is 0 Å². The summed E-state index contributed by atoms with van der Waals surface area (Å²) in [5.41, 5.74) is -0.890. The molecule has 2 heterocycles. The number of aromatic nitrogens is 2. The molecule has 0 radical (unpaired) electrons. The number of halogens is 3. The minimum Gasteiger partial charge on any atom is -0.353 e. The summed E-state index contributed by atoms with van der Waals surface area (Å²) in [7, 11) is 1.73. The molecule has 1 aromatic rings. The molecule has 1 saturated heterocycles. The topological polar surface area (TPSA) is 87.2 Å². The fourth-order valence-corrected chi connectivity index (χ4v) is 2.36. The van der Waals surface area contributed by atoms with E-state index in [2.05, 4.69) is 20.6 Å². The Morgan fingerprint density at radius 3 is 2.79 bits per heavy atom. The summed E-state index contributed by atoms with van der Waals surface area (Å²) >= 11 is 0. The van der Waals surface area contributed by atoms with Gasteiger partial charge in [-0.25, -0.2) is 9.97 Å². The Labute approximate surface area is 136 Å². The molecule has 24 heavy (non-hydrogen) atoms. The number of rotatable bonds is 4. The first-order chi connectivity index (χ1) is 11.2. The molecule has 132 valence electrons. The van der Waals surface area contributed by atoms with Gasteiger partial charge in [-0.05, 0) is 20.0 Å². The van der Waals surface area contributed by atoms with E-state index in [4.69, 9.17) is 0 Å². The molecule has 0 spiro atoms. The molecule has 1 aliphatic rings. The molecule has 0 aliphatic carbocycles. The molecule has 2 N–H and O–H groups in total. The van der Waals surface area contributed by atoms with E-state index in [1.807, 2.05) is 0 Å². The van der Waals surface area contributed by atoms with E-state index in [0.29, 0.717) is 13.1 Å². The summed E-state index contributed by atoms with van der Waals surface area (Å²) < 4.78 is 38.1. The molecule has 0 bridgehead atoms. The number of nitrogens with one attached hydrogen (secondary N) is 2. The van der Waals surface area contributed by atoms with Crippen LogP contribution in [0.15, 0.2) is 6.07 Å². The Balaban J connectivity index is 1.96. The summed E-state index contributed by atoms with van der Waals surface area (Å²) in [6, 6.07) is 0.245. The summed E-state index contributed by atoms with van der Waals surface area (Å²) in [5, 5.41) is 5.12. The standard InChI is InChI=1S/C14H18F3N5O2/c1-8-5-10(14(15,16)17)21-11(20-8)7-19-12(23)6-9-13(24)18-3-4-22(9)2/h5,9H,3-4,6-7H2,1-2H3,(H,18,24)(H,19,23)/t9-/m0/s1. The highest BCUT2D eigenvalue weighted by Gasteiger charge is 2.33. The van der Waals surface area contributed by atoms with Crippen LogP contribution in [0.2, 0.25) is 0 Å². The van der Waals surface area contributed by atoms with E-state index in [1.165, 1.54) is 6.92 Å². The van der Waals surface area contributed by atoms with Gasteiger partial charge in [0.05, 0.1) is 19.0 Å². The zero-order chi connectivity index (χ0) is 17.9. The number of alkyl halides is 3. The second-order valence-corrected chi connectivity index (χ2v) is 5.58. The fourth-order valence-electron chi connectivity index (χ4n) is 2.36. The molecule has 10 heteroatoms. The molecular weight excluding hydrogens is 327 g/mol. The Bertz CT molecular complexity index is 635. The Morgan fingerprint density at radius 2 is 2.17 bits per heavy atom. The maximum absolute atomic E-state index is 12.7. The van der Waals surface area contributed by atoms with Crippen LogP contribution in [0.4, 0.5) is 13.2 Å². The van der Waals surface area contributed by atoms with Crippen molar-refractivity contribution in [3.63, 3.8) is 0 Å². The number of likely N-dealkylation sites (N-methyl/N-ethyl adjacent to an activating group) is 1. The van der Waals surface area contributed by atoms with Crippen LogP contribution in [0.25, 0.3) is 0 Å². The van der Waals surface area contributed by atoms with Crippen molar-refractivity contribution in [1.82, 2.24) is 25.5 Å². The minimum atomic E-state index is -4.57. The third kappa shape index (κ3) is 4.63. The third-order valence-electron chi connectivity index (χ3n) is 3.61. The summed E-state index contributed by atoms with van der Waals surface area (Å²) in [6.07, 6.45) is -4.66. The lowest BCUT2D eigenvalue weighted by Gasteiger charge is -2.31. The van der Waals surface area contributed by atoms with Crippen LogP contribution in [0.5, 0.6) is 0 Å². The van der Waals surface area contributed by atoms with Crippen molar-refractivity contribution in [2.45, 2.75) is 32.1 Å². The quantitative estimate of drug-likeness (QED) is 0.816. The van der Waals surface area contributed by atoms with Crippen LogP contribution < -0.4 is 10.6 Å². The maximum atomic E-state index is 12.7. The van der Waals surface area contributed by atoms with Crippen LogP contribution in [-0.2, 0) is 22.3 Å². The number of piperazine rings is 1. The van der Waals surface area contributed by atoms with E-state index in [-0.39, 0.29) is 30.4 Å². The van der Waals surface area contributed by atoms with Gasteiger partial charge in [0.15, 0.2) is 0 Å². The lowest BCUT2D eigenvalue weighted by Crippen LogP contribution is -2.54. The number of aryl methyl sites for hydroxylation is 1. The highest BCUT2D eigenvalue weighted by molar-refractivity contribution is 5.88. The van der Waals surface area contributed by atoms with Crippen molar-refractivity contribution in [2.24, 2.45) is 0 Å². The van der Waals surface area contributed by atoms with Gasteiger partial charge in [-0.2, -0.15) is 13.2 Å². The van der Waals surface area contributed by atoms with Crippen LogP contribution in [0.1, 0.15) is 23.6 Å². The Hall–Kier alpha value is -2.23. The van der Waals surface area contributed by atoms with Crippen molar-refractivity contribution < 1.29 is 22.8 Å². The molecule has 0 aromatic carbocycles. The lowest BCUT2D eigenvalue weighted by molar-refractivity contribution is -0.141. The van der Waals surface area contributed by atoms with Gasteiger partial charge in [-0.3, -0.25) is 14.5 Å². The first-order valence-electron chi connectivity index (χ1n) is 7.33. The molecule has 0 saturated carbocycles. The maximum Gasteiger partial charge on any atom is 0.433 e. The van der Waals surface area contributed by atoms with E-state index >= 15 is 0 Å². The van der Waals surface area contributed by atoms with Gasteiger partial charge in [0.1, 0.15) is 11.5 Å². The summed E-state index contributed by atoms with van der Waals surface area (Å²) in [6.45, 7) is 2.33. The van der Waals surface area contributed by atoms with Crippen molar-refractivity contribution >= 4 is 11.8 Å². The lowest BCUT2D eigenvalue weighted by atomic mass is 10.1. The van der Waals surface area contributed by atoms with Crippen LogP contribution in [0.3, 0.4) is 0 Å². The minimum absolute atomic E-state index is 0.0831. The molecule has 0 unspecified atom stereocenters. The monoisotopic (exact) mass is 345 g/mol. The predicted octanol–water partition coefficient (Wildman–Crippen LogP) is 0.240. The van der Waals surface area contributed by atoms with Crippen molar-refractivity contribution in [2.75, 3.05) is 20.1 Å². The van der Waals surface area contributed by atoms with E-state index < -0.39 is 23.8 Å². The fraction of sp³-hybridized carbons (Fsp3) is 0.571. The molecule has 1 fully saturated rings. The van der Waals surface area contributed by atoms with Gasteiger partial charge in [-0.15, -0.1) is 0 Å². The average Bonchev–Trinajstić information content (AvgIpc) is 2.48.